The Bertz CT molecular complexity index is 345. The van der Waals surface area contributed by atoms with Crippen LogP contribution in [-0.4, -0.2) is 6.04 Å². The van der Waals surface area contributed by atoms with E-state index < -0.39 is 11.7 Å². The summed E-state index contributed by atoms with van der Waals surface area (Å²) in [6, 6.07) is 3.08. The van der Waals surface area contributed by atoms with Crippen LogP contribution in [0.4, 0.5) is 18.9 Å². The van der Waals surface area contributed by atoms with Gasteiger partial charge in [0.1, 0.15) is 0 Å². The molecular formula is C10H13F3N2. The number of benzene rings is 1. The molecule has 1 unspecified atom stereocenters. The third kappa shape index (κ3) is 3.13. The Hall–Kier alpha value is -1.23. The highest BCUT2D eigenvalue weighted by atomic mass is 19.4. The van der Waals surface area contributed by atoms with E-state index in [1.807, 2.05) is 0 Å². The van der Waals surface area contributed by atoms with Crippen molar-refractivity contribution in [3.63, 3.8) is 0 Å². The Morgan fingerprint density at radius 1 is 1.33 bits per heavy atom. The summed E-state index contributed by atoms with van der Waals surface area (Å²) in [5, 5.41) is 0. The minimum absolute atomic E-state index is 0.212. The lowest BCUT2D eigenvalue weighted by Gasteiger charge is -2.12. The maximum absolute atomic E-state index is 12.4. The van der Waals surface area contributed by atoms with E-state index in [1.54, 1.807) is 6.92 Å². The van der Waals surface area contributed by atoms with E-state index in [-0.39, 0.29) is 6.04 Å². The molecule has 1 aromatic carbocycles. The number of hydrogen-bond acceptors (Lipinski definition) is 2. The minimum Gasteiger partial charge on any atom is -0.399 e. The van der Waals surface area contributed by atoms with E-state index in [0.717, 1.165) is 12.1 Å². The molecule has 15 heavy (non-hydrogen) atoms. The molecule has 1 rings (SSSR count). The highest BCUT2D eigenvalue weighted by Gasteiger charge is 2.30. The Balaban J connectivity index is 3.06. The first-order chi connectivity index (χ1) is 6.80. The Kier molecular flexibility index (Phi) is 3.24. The van der Waals surface area contributed by atoms with E-state index in [0.29, 0.717) is 17.7 Å². The Morgan fingerprint density at radius 3 is 2.40 bits per heavy atom. The van der Waals surface area contributed by atoms with Crippen molar-refractivity contribution in [2.75, 3.05) is 5.73 Å². The monoisotopic (exact) mass is 218 g/mol. The molecule has 0 aliphatic carbocycles. The zero-order chi connectivity index (χ0) is 11.6. The fraction of sp³-hybridized carbons (Fsp3) is 0.400. The van der Waals surface area contributed by atoms with Gasteiger partial charge in [-0.15, -0.1) is 0 Å². The average molecular weight is 218 g/mol. The highest BCUT2D eigenvalue weighted by molar-refractivity contribution is 5.49. The smallest absolute Gasteiger partial charge is 0.399 e. The Labute approximate surface area is 86.1 Å². The summed E-state index contributed by atoms with van der Waals surface area (Å²) in [5.74, 6) is 0. The van der Waals surface area contributed by atoms with Crippen LogP contribution < -0.4 is 11.5 Å². The molecule has 0 aliphatic heterocycles. The summed E-state index contributed by atoms with van der Waals surface area (Å²) < 4.78 is 37.1. The first-order valence-electron chi connectivity index (χ1n) is 4.52. The van der Waals surface area contributed by atoms with Gasteiger partial charge in [0.2, 0.25) is 0 Å². The molecular weight excluding hydrogens is 205 g/mol. The molecule has 2 nitrogen and oxygen atoms in total. The van der Waals surface area contributed by atoms with Crippen LogP contribution in [-0.2, 0) is 12.6 Å². The first kappa shape index (κ1) is 11.8. The SMILES string of the molecule is CC(N)Cc1cc(C(F)(F)F)ccc1N. The van der Waals surface area contributed by atoms with Gasteiger partial charge in [-0.25, -0.2) is 0 Å². The minimum atomic E-state index is -4.33. The highest BCUT2D eigenvalue weighted by Crippen LogP contribution is 2.31. The zero-order valence-corrected chi connectivity index (χ0v) is 8.31. The third-order valence-corrected chi connectivity index (χ3v) is 2.01. The molecule has 0 saturated heterocycles. The van der Waals surface area contributed by atoms with E-state index in [9.17, 15) is 13.2 Å². The molecule has 0 amide bonds. The molecule has 0 radical (unpaired) electrons. The second kappa shape index (κ2) is 4.10. The molecule has 0 aromatic heterocycles. The summed E-state index contributed by atoms with van der Waals surface area (Å²) in [6.07, 6.45) is -3.99. The molecule has 0 fully saturated rings. The van der Waals surface area contributed by atoms with Crippen molar-refractivity contribution in [3.8, 4) is 0 Å². The van der Waals surface area contributed by atoms with E-state index >= 15 is 0 Å². The lowest BCUT2D eigenvalue weighted by Crippen LogP contribution is -2.19. The summed E-state index contributed by atoms with van der Waals surface area (Å²) in [4.78, 5) is 0. The lowest BCUT2D eigenvalue weighted by atomic mass is 10.0. The number of halogens is 3. The molecule has 1 aromatic rings. The molecule has 0 bridgehead atoms. The molecule has 4 N–H and O–H groups in total. The van der Waals surface area contributed by atoms with E-state index in [2.05, 4.69) is 0 Å². The van der Waals surface area contributed by atoms with Gasteiger partial charge in [0.25, 0.3) is 0 Å². The number of nitrogen functional groups attached to an aromatic ring is 1. The van der Waals surface area contributed by atoms with E-state index in [4.69, 9.17) is 11.5 Å². The van der Waals surface area contributed by atoms with E-state index in [1.165, 1.54) is 6.07 Å². The van der Waals surface area contributed by atoms with Crippen molar-refractivity contribution in [2.24, 2.45) is 5.73 Å². The molecule has 84 valence electrons. The van der Waals surface area contributed by atoms with Crippen LogP contribution in [0.3, 0.4) is 0 Å². The number of hydrogen-bond donors (Lipinski definition) is 2. The summed E-state index contributed by atoms with van der Waals surface area (Å²) in [7, 11) is 0. The van der Waals surface area contributed by atoms with Crippen molar-refractivity contribution in [1.29, 1.82) is 0 Å². The molecule has 5 heteroatoms. The predicted octanol–water partition coefficient (Wildman–Crippen LogP) is 2.18. The second-order valence-electron chi connectivity index (χ2n) is 3.59. The Morgan fingerprint density at radius 2 is 1.93 bits per heavy atom. The van der Waals surface area contributed by atoms with Crippen LogP contribution in [0.1, 0.15) is 18.1 Å². The fourth-order valence-corrected chi connectivity index (χ4v) is 1.31. The largest absolute Gasteiger partial charge is 0.416 e. The zero-order valence-electron chi connectivity index (χ0n) is 8.31. The number of alkyl halides is 3. The first-order valence-corrected chi connectivity index (χ1v) is 4.52. The molecule has 0 saturated carbocycles. The summed E-state index contributed by atoms with van der Waals surface area (Å²) in [6.45, 7) is 1.72. The molecule has 0 heterocycles. The van der Waals surface area contributed by atoms with Crippen LogP contribution >= 0.6 is 0 Å². The molecule has 1 atom stereocenters. The van der Waals surface area contributed by atoms with Crippen LogP contribution in [0.15, 0.2) is 18.2 Å². The number of nitrogens with two attached hydrogens (primary N) is 2. The van der Waals surface area contributed by atoms with Gasteiger partial charge in [-0.1, -0.05) is 0 Å². The summed E-state index contributed by atoms with van der Waals surface area (Å²) in [5.41, 5.74) is 11.2. The lowest BCUT2D eigenvalue weighted by molar-refractivity contribution is -0.137. The normalized spacial score (nSPS) is 13.9. The van der Waals surface area contributed by atoms with Gasteiger partial charge in [0.05, 0.1) is 5.56 Å². The van der Waals surface area contributed by atoms with Crippen molar-refractivity contribution in [1.82, 2.24) is 0 Å². The van der Waals surface area contributed by atoms with Gasteiger partial charge in [0.15, 0.2) is 0 Å². The quantitative estimate of drug-likeness (QED) is 0.747. The van der Waals surface area contributed by atoms with Crippen molar-refractivity contribution in [3.05, 3.63) is 29.3 Å². The van der Waals surface area contributed by atoms with Gasteiger partial charge in [-0.2, -0.15) is 13.2 Å². The van der Waals surface area contributed by atoms with Gasteiger partial charge >= 0.3 is 6.18 Å². The van der Waals surface area contributed by atoms with Gasteiger partial charge in [-0.05, 0) is 37.1 Å². The van der Waals surface area contributed by atoms with Crippen LogP contribution in [0.5, 0.6) is 0 Å². The second-order valence-corrected chi connectivity index (χ2v) is 3.59. The van der Waals surface area contributed by atoms with Gasteiger partial charge in [0, 0.05) is 11.7 Å². The maximum atomic E-state index is 12.4. The average Bonchev–Trinajstić information content (AvgIpc) is 2.06. The standard InChI is InChI=1S/C10H13F3N2/c1-6(14)4-7-5-8(10(11,12)13)2-3-9(7)15/h2-3,5-6H,4,14-15H2,1H3. The van der Waals surface area contributed by atoms with Crippen molar-refractivity contribution >= 4 is 5.69 Å². The molecule has 0 aliphatic rings. The maximum Gasteiger partial charge on any atom is 0.416 e. The van der Waals surface area contributed by atoms with Crippen LogP contribution in [0, 0.1) is 0 Å². The fourth-order valence-electron chi connectivity index (χ4n) is 1.31. The van der Waals surface area contributed by atoms with Gasteiger partial charge in [-0.3, -0.25) is 0 Å². The van der Waals surface area contributed by atoms with Crippen LogP contribution in [0.2, 0.25) is 0 Å². The molecule has 0 spiro atoms. The van der Waals surface area contributed by atoms with Crippen molar-refractivity contribution in [2.45, 2.75) is 25.6 Å². The summed E-state index contributed by atoms with van der Waals surface area (Å²) >= 11 is 0. The number of anilines is 1. The predicted molar refractivity (Wildman–Crippen MR) is 53.2 cm³/mol. The van der Waals surface area contributed by atoms with Crippen molar-refractivity contribution < 1.29 is 13.2 Å². The topological polar surface area (TPSA) is 52.0 Å². The van der Waals surface area contributed by atoms with Gasteiger partial charge < -0.3 is 11.5 Å². The van der Waals surface area contributed by atoms with Crippen LogP contribution in [0.25, 0.3) is 0 Å². The third-order valence-electron chi connectivity index (χ3n) is 2.01. The number of rotatable bonds is 2.